The Labute approximate surface area is 130 Å². The van der Waals surface area contributed by atoms with E-state index in [2.05, 4.69) is 20.0 Å². The van der Waals surface area contributed by atoms with Gasteiger partial charge in [-0.05, 0) is 57.0 Å². The summed E-state index contributed by atoms with van der Waals surface area (Å²) in [7, 11) is -3.22. The summed E-state index contributed by atoms with van der Waals surface area (Å²) in [4.78, 5) is 8.62. The van der Waals surface area contributed by atoms with Crippen LogP contribution in [0.2, 0.25) is 0 Å². The Morgan fingerprint density at radius 3 is 2.09 bits per heavy atom. The number of nitrogens with one attached hydrogen (secondary N) is 2. The number of aryl methyl sites for hydroxylation is 2. The van der Waals surface area contributed by atoms with E-state index < -0.39 is 10.0 Å². The molecule has 3 rings (SSSR count). The zero-order valence-electron chi connectivity index (χ0n) is 12.5. The van der Waals surface area contributed by atoms with Crippen LogP contribution in [0.3, 0.4) is 0 Å². The molecule has 0 saturated heterocycles. The zero-order chi connectivity index (χ0) is 15.7. The standard InChI is InChI=1S/C15H18N4O2S/c1-10-9-11(2)17-15(16-10)18-12-3-5-13(6-4-12)19-22(20,21)14-7-8-14/h3-6,9,14,19H,7-8H2,1-2H3,(H,16,17,18). The molecule has 7 heteroatoms. The van der Waals surface area contributed by atoms with Gasteiger partial charge in [0.25, 0.3) is 0 Å². The third kappa shape index (κ3) is 3.54. The van der Waals surface area contributed by atoms with E-state index in [1.807, 2.05) is 19.9 Å². The number of anilines is 3. The first kappa shape index (κ1) is 14.8. The minimum Gasteiger partial charge on any atom is -0.324 e. The van der Waals surface area contributed by atoms with Crippen LogP contribution in [-0.4, -0.2) is 23.6 Å². The van der Waals surface area contributed by atoms with Gasteiger partial charge in [-0.15, -0.1) is 0 Å². The lowest BCUT2D eigenvalue weighted by Crippen LogP contribution is -2.17. The van der Waals surface area contributed by atoms with Crippen LogP contribution in [0.4, 0.5) is 17.3 Å². The molecule has 0 radical (unpaired) electrons. The van der Waals surface area contributed by atoms with E-state index in [-0.39, 0.29) is 5.25 Å². The van der Waals surface area contributed by atoms with Crippen LogP contribution in [-0.2, 0) is 10.0 Å². The highest BCUT2D eigenvalue weighted by atomic mass is 32.2. The molecule has 0 aliphatic heterocycles. The number of aromatic nitrogens is 2. The van der Waals surface area contributed by atoms with E-state index in [9.17, 15) is 8.42 Å². The van der Waals surface area contributed by atoms with Gasteiger partial charge in [-0.25, -0.2) is 18.4 Å². The first-order chi connectivity index (χ1) is 10.4. The molecule has 0 bridgehead atoms. The second-order valence-corrected chi connectivity index (χ2v) is 7.48. The molecule has 1 aliphatic rings. The van der Waals surface area contributed by atoms with E-state index in [0.29, 0.717) is 11.6 Å². The molecular weight excluding hydrogens is 300 g/mol. The average molecular weight is 318 g/mol. The molecule has 1 aromatic heterocycles. The molecule has 2 N–H and O–H groups in total. The third-order valence-corrected chi connectivity index (χ3v) is 5.22. The van der Waals surface area contributed by atoms with E-state index in [0.717, 1.165) is 29.9 Å². The van der Waals surface area contributed by atoms with Crippen LogP contribution in [0.15, 0.2) is 30.3 Å². The van der Waals surface area contributed by atoms with Crippen molar-refractivity contribution in [3.05, 3.63) is 41.7 Å². The minimum absolute atomic E-state index is 0.228. The monoisotopic (exact) mass is 318 g/mol. The number of rotatable bonds is 5. The third-order valence-electron chi connectivity index (χ3n) is 3.35. The van der Waals surface area contributed by atoms with Crippen molar-refractivity contribution in [3.8, 4) is 0 Å². The fourth-order valence-electron chi connectivity index (χ4n) is 2.16. The molecule has 116 valence electrons. The van der Waals surface area contributed by atoms with Crippen molar-refractivity contribution >= 4 is 27.3 Å². The van der Waals surface area contributed by atoms with Crippen molar-refractivity contribution in [2.24, 2.45) is 0 Å². The maximum Gasteiger partial charge on any atom is 0.235 e. The molecule has 1 aromatic carbocycles. The number of nitrogens with zero attached hydrogens (tertiary/aromatic N) is 2. The van der Waals surface area contributed by atoms with Gasteiger partial charge in [0.2, 0.25) is 16.0 Å². The van der Waals surface area contributed by atoms with Crippen molar-refractivity contribution in [3.63, 3.8) is 0 Å². The van der Waals surface area contributed by atoms with Crippen molar-refractivity contribution in [2.75, 3.05) is 10.0 Å². The van der Waals surface area contributed by atoms with E-state index in [1.165, 1.54) is 0 Å². The van der Waals surface area contributed by atoms with Gasteiger partial charge in [0, 0.05) is 22.8 Å². The number of sulfonamides is 1. The molecule has 0 unspecified atom stereocenters. The Morgan fingerprint density at radius 2 is 1.55 bits per heavy atom. The van der Waals surface area contributed by atoms with Gasteiger partial charge >= 0.3 is 0 Å². The van der Waals surface area contributed by atoms with E-state index in [4.69, 9.17) is 0 Å². The highest BCUT2D eigenvalue weighted by Crippen LogP contribution is 2.30. The molecule has 0 atom stereocenters. The topological polar surface area (TPSA) is 84.0 Å². The summed E-state index contributed by atoms with van der Waals surface area (Å²) in [5.41, 5.74) is 3.16. The zero-order valence-corrected chi connectivity index (χ0v) is 13.3. The summed E-state index contributed by atoms with van der Waals surface area (Å²) in [6.45, 7) is 3.82. The highest BCUT2D eigenvalue weighted by molar-refractivity contribution is 7.93. The van der Waals surface area contributed by atoms with Crippen molar-refractivity contribution in [2.45, 2.75) is 31.9 Å². The Kier molecular flexibility index (Phi) is 3.74. The summed E-state index contributed by atoms with van der Waals surface area (Å²) in [6, 6.07) is 8.95. The largest absolute Gasteiger partial charge is 0.324 e. The van der Waals surface area contributed by atoms with Gasteiger partial charge in [-0.3, -0.25) is 4.72 Å². The molecule has 6 nitrogen and oxygen atoms in total. The first-order valence-corrected chi connectivity index (χ1v) is 8.68. The van der Waals surface area contributed by atoms with Crippen LogP contribution in [0.25, 0.3) is 0 Å². The number of hydrogen-bond acceptors (Lipinski definition) is 5. The number of benzene rings is 1. The Bertz CT molecular complexity index is 763. The second-order valence-electron chi connectivity index (χ2n) is 5.52. The Balaban J connectivity index is 1.71. The second kappa shape index (κ2) is 5.57. The van der Waals surface area contributed by atoms with Gasteiger partial charge in [0.1, 0.15) is 0 Å². The van der Waals surface area contributed by atoms with Crippen molar-refractivity contribution in [1.29, 1.82) is 0 Å². The predicted octanol–water partition coefficient (Wildman–Crippen LogP) is 2.74. The molecule has 2 aromatic rings. The lowest BCUT2D eigenvalue weighted by molar-refractivity contribution is 0.600. The number of hydrogen-bond donors (Lipinski definition) is 2. The maximum absolute atomic E-state index is 11.9. The normalized spacial score (nSPS) is 14.6. The van der Waals surface area contributed by atoms with Gasteiger partial charge in [0.15, 0.2) is 0 Å². The van der Waals surface area contributed by atoms with Crippen LogP contribution < -0.4 is 10.0 Å². The molecule has 0 spiro atoms. The van der Waals surface area contributed by atoms with Gasteiger partial charge < -0.3 is 5.32 Å². The molecule has 1 heterocycles. The van der Waals surface area contributed by atoms with Crippen LogP contribution >= 0.6 is 0 Å². The molecule has 1 saturated carbocycles. The molecule has 22 heavy (non-hydrogen) atoms. The van der Waals surface area contributed by atoms with Crippen LogP contribution in [0.1, 0.15) is 24.2 Å². The summed E-state index contributed by atoms with van der Waals surface area (Å²) in [5, 5.41) is 2.88. The highest BCUT2D eigenvalue weighted by Gasteiger charge is 2.35. The SMILES string of the molecule is Cc1cc(C)nc(Nc2ccc(NS(=O)(=O)C3CC3)cc2)n1. The van der Waals surface area contributed by atoms with Crippen LogP contribution in [0.5, 0.6) is 0 Å². The Hall–Kier alpha value is -2.15. The van der Waals surface area contributed by atoms with Gasteiger partial charge in [-0.1, -0.05) is 0 Å². The Morgan fingerprint density at radius 1 is 1.00 bits per heavy atom. The molecule has 1 aliphatic carbocycles. The maximum atomic E-state index is 11.9. The first-order valence-electron chi connectivity index (χ1n) is 7.13. The molecular formula is C15H18N4O2S. The van der Waals surface area contributed by atoms with Gasteiger partial charge in [0.05, 0.1) is 5.25 Å². The smallest absolute Gasteiger partial charge is 0.235 e. The quantitative estimate of drug-likeness (QED) is 0.885. The average Bonchev–Trinajstić information content (AvgIpc) is 3.24. The van der Waals surface area contributed by atoms with E-state index in [1.54, 1.807) is 24.3 Å². The lowest BCUT2D eigenvalue weighted by atomic mass is 10.3. The predicted molar refractivity (Wildman–Crippen MR) is 86.8 cm³/mol. The molecule has 0 amide bonds. The van der Waals surface area contributed by atoms with Crippen molar-refractivity contribution < 1.29 is 8.42 Å². The fourth-order valence-corrected chi connectivity index (χ4v) is 3.55. The summed E-state index contributed by atoms with van der Waals surface area (Å²) < 4.78 is 26.3. The summed E-state index contributed by atoms with van der Waals surface area (Å²) in [5.74, 6) is 0.531. The minimum atomic E-state index is -3.22. The van der Waals surface area contributed by atoms with Gasteiger partial charge in [-0.2, -0.15) is 0 Å². The lowest BCUT2D eigenvalue weighted by Gasteiger charge is -2.09. The van der Waals surface area contributed by atoms with Crippen molar-refractivity contribution in [1.82, 2.24) is 9.97 Å². The summed E-state index contributed by atoms with van der Waals surface area (Å²) in [6.07, 6.45) is 1.50. The van der Waals surface area contributed by atoms with E-state index >= 15 is 0 Å². The fraction of sp³-hybridized carbons (Fsp3) is 0.333. The summed E-state index contributed by atoms with van der Waals surface area (Å²) >= 11 is 0. The van der Waals surface area contributed by atoms with Crippen LogP contribution in [0, 0.1) is 13.8 Å². The molecule has 1 fully saturated rings.